The van der Waals surface area contributed by atoms with Gasteiger partial charge in [-0.3, -0.25) is 0 Å². The first-order valence-corrected chi connectivity index (χ1v) is 23.6. The summed E-state index contributed by atoms with van der Waals surface area (Å²) in [6, 6.07) is 29.2. The second kappa shape index (κ2) is 20.1. The van der Waals surface area contributed by atoms with Crippen LogP contribution in [0.2, 0.25) is 23.2 Å². The zero-order valence-corrected chi connectivity index (χ0v) is 35.9. The maximum absolute atomic E-state index is 11.4. The summed E-state index contributed by atoms with van der Waals surface area (Å²) in [6.07, 6.45) is 2.42. The molecule has 0 saturated heterocycles. The average molecular weight is 751 g/mol. The van der Waals surface area contributed by atoms with Crippen molar-refractivity contribution in [2.45, 2.75) is 116 Å². The van der Waals surface area contributed by atoms with E-state index in [1.165, 1.54) is 10.4 Å². The van der Waals surface area contributed by atoms with Crippen LogP contribution in [-0.4, -0.2) is 48.8 Å². The molecule has 3 rings (SSSR count). The fourth-order valence-electron chi connectivity index (χ4n) is 6.12. The van der Waals surface area contributed by atoms with E-state index in [-0.39, 0.29) is 22.6 Å². The third kappa shape index (κ3) is 12.7. The Kier molecular flexibility index (Phi) is 16.6. The lowest BCUT2D eigenvalue weighted by Crippen LogP contribution is -2.67. The Morgan fingerprint density at radius 1 is 0.792 bits per heavy atom. The van der Waals surface area contributed by atoms with E-state index in [1.807, 2.05) is 31.2 Å². The fraction of sp³-hybridized carbons (Fsp3) is 0.457. The van der Waals surface area contributed by atoms with Crippen LogP contribution < -0.4 is 15.1 Å². The van der Waals surface area contributed by atoms with Crippen molar-refractivity contribution in [1.82, 2.24) is 0 Å². The van der Waals surface area contributed by atoms with Gasteiger partial charge < -0.3 is 23.1 Å². The molecule has 0 N–H and O–H groups in total. The minimum absolute atomic E-state index is 0.0199. The monoisotopic (exact) mass is 750 g/mol. The topological polar surface area (TPSA) is 54.0 Å². The highest BCUT2D eigenvalue weighted by Gasteiger charge is 2.51. The summed E-state index contributed by atoms with van der Waals surface area (Å²) in [5, 5.41) is 2.13. The van der Waals surface area contributed by atoms with Gasteiger partial charge in [-0.25, -0.2) is 0 Å². The third-order valence-electron chi connectivity index (χ3n) is 10.2. The van der Waals surface area contributed by atoms with Crippen molar-refractivity contribution in [3.63, 3.8) is 0 Å². The summed E-state index contributed by atoms with van der Waals surface area (Å²) in [6.45, 7) is 24.9. The second-order valence-corrected chi connectivity index (χ2v) is 25.3. The Morgan fingerprint density at radius 2 is 1.34 bits per heavy atom. The Labute approximate surface area is 323 Å². The van der Waals surface area contributed by atoms with Crippen molar-refractivity contribution >= 4 is 33.3 Å². The van der Waals surface area contributed by atoms with Gasteiger partial charge in [0.05, 0.1) is 13.7 Å². The molecule has 0 aliphatic rings. The number of hydrogen-bond donors (Lipinski definition) is 0. The van der Waals surface area contributed by atoms with E-state index < -0.39 is 28.8 Å². The predicted molar refractivity (Wildman–Crippen MR) is 226 cm³/mol. The molecule has 0 aromatic heterocycles. The van der Waals surface area contributed by atoms with Gasteiger partial charge in [-0.2, -0.15) is 0 Å². The molecule has 284 valence electrons. The van der Waals surface area contributed by atoms with Crippen molar-refractivity contribution in [3.05, 3.63) is 103 Å². The van der Waals surface area contributed by atoms with Crippen LogP contribution in [0.25, 0.3) is 0 Å². The van der Waals surface area contributed by atoms with Crippen molar-refractivity contribution < 1.29 is 23.1 Å². The van der Waals surface area contributed by atoms with E-state index in [0.29, 0.717) is 25.9 Å². The van der Waals surface area contributed by atoms with E-state index in [1.54, 1.807) is 7.11 Å². The molecule has 3 aromatic carbocycles. The van der Waals surface area contributed by atoms with Gasteiger partial charge in [0.15, 0.2) is 8.32 Å². The molecule has 0 amide bonds. The van der Waals surface area contributed by atoms with Gasteiger partial charge in [0, 0.05) is 19.3 Å². The fourth-order valence-corrected chi connectivity index (χ4v) is 11.9. The molecule has 5 nitrogen and oxygen atoms in total. The summed E-state index contributed by atoms with van der Waals surface area (Å²) >= 11 is 0. The number of hydrogen-bond acceptors (Lipinski definition) is 5. The van der Waals surface area contributed by atoms with Gasteiger partial charge in [-0.05, 0) is 70.5 Å². The molecule has 7 heteroatoms. The lowest BCUT2D eigenvalue weighted by atomic mass is 9.94. The molecule has 2 unspecified atom stereocenters. The molecule has 0 heterocycles. The van der Waals surface area contributed by atoms with Crippen molar-refractivity contribution in [1.29, 1.82) is 0 Å². The lowest BCUT2D eigenvalue weighted by Gasteiger charge is -2.45. The summed E-state index contributed by atoms with van der Waals surface area (Å²) < 4.78 is 26.0. The minimum atomic E-state index is -2.96. The highest BCUT2D eigenvalue weighted by molar-refractivity contribution is 6.99. The van der Waals surface area contributed by atoms with Crippen molar-refractivity contribution in [3.8, 4) is 29.4 Å². The number of allylic oxidation sites excluding steroid dienone is 1. The van der Waals surface area contributed by atoms with Crippen LogP contribution >= 0.6 is 0 Å². The van der Waals surface area contributed by atoms with Gasteiger partial charge in [0.2, 0.25) is 0 Å². The predicted octanol–water partition coefficient (Wildman–Crippen LogP) is 9.51. The molecule has 0 aliphatic carbocycles. The number of benzene rings is 3. The number of methoxy groups -OCH3 is 1. The molecule has 53 heavy (non-hydrogen) atoms. The molecule has 3 atom stereocenters. The third-order valence-corrected chi connectivity index (χ3v) is 19.8. The SMILES string of the molecule is C=C(C)[C@H](CC=O)CCC#CC(CC(C#CCOCc1ccc(OC)cc1)O[Si](C)(C)C(C)(C)C)O[Si](c1ccccc1)(c1ccccc1)C(C)(C)C. The van der Waals surface area contributed by atoms with E-state index >= 15 is 0 Å². The molecule has 0 aliphatic heterocycles. The van der Waals surface area contributed by atoms with Crippen LogP contribution in [-0.2, 0) is 25.0 Å². The number of carbonyl (C=O) groups excluding carboxylic acids is 1. The minimum Gasteiger partial charge on any atom is -0.497 e. The van der Waals surface area contributed by atoms with Crippen LogP contribution in [0.15, 0.2) is 97.1 Å². The van der Waals surface area contributed by atoms with Crippen LogP contribution in [0.4, 0.5) is 0 Å². The molecule has 0 saturated carbocycles. The quantitative estimate of drug-likeness (QED) is 0.0453. The summed E-state index contributed by atoms with van der Waals surface area (Å²) in [7, 11) is -3.56. The van der Waals surface area contributed by atoms with Crippen LogP contribution in [0.5, 0.6) is 5.75 Å². The molecule has 0 bridgehead atoms. The van der Waals surface area contributed by atoms with Gasteiger partial charge in [-0.1, -0.05) is 144 Å². The van der Waals surface area contributed by atoms with Crippen LogP contribution in [0.3, 0.4) is 0 Å². The number of ether oxygens (including phenoxy) is 2. The smallest absolute Gasteiger partial charge is 0.262 e. The number of carbonyl (C=O) groups is 1. The first-order chi connectivity index (χ1) is 25.0. The van der Waals surface area contributed by atoms with E-state index in [4.69, 9.17) is 18.3 Å². The second-order valence-electron chi connectivity index (χ2n) is 16.3. The maximum Gasteiger partial charge on any atom is 0.262 e. The molecule has 3 aromatic rings. The van der Waals surface area contributed by atoms with Gasteiger partial charge >= 0.3 is 0 Å². The van der Waals surface area contributed by atoms with Crippen LogP contribution in [0.1, 0.15) is 79.7 Å². The average Bonchev–Trinajstić information content (AvgIpc) is 3.11. The summed E-state index contributed by atoms with van der Waals surface area (Å²) in [5.74, 6) is 14.7. The molecular formula is C46H62O5Si2. The van der Waals surface area contributed by atoms with E-state index in [2.05, 4.69) is 146 Å². The van der Waals surface area contributed by atoms with Crippen LogP contribution in [0, 0.1) is 29.6 Å². The number of aldehydes is 1. The van der Waals surface area contributed by atoms with Gasteiger partial charge in [-0.15, -0.1) is 5.92 Å². The Hall–Kier alpha value is -3.70. The standard InChI is InChI=1S/C46H62O5Si2/c1-37(2)39(32-33-47)21-18-19-22-42(51-53(46(6,7)8,43-24-14-12-15-25-43)44-26-16-13-17-27-44)35-41(50-52(10,11)45(3,4)5)23-20-34-49-36-38-28-30-40(48-9)31-29-38/h12-17,24-31,33,39,41-42H,1,18,21,32,34-36H2,2-11H3/t39-,41?,42?/m0/s1. The van der Waals surface area contributed by atoms with Gasteiger partial charge in [0.1, 0.15) is 30.9 Å². The molecule has 0 spiro atoms. The molecule has 0 fully saturated rings. The zero-order valence-electron chi connectivity index (χ0n) is 33.9. The van der Waals surface area contributed by atoms with Crippen molar-refractivity contribution in [2.75, 3.05) is 13.7 Å². The van der Waals surface area contributed by atoms with E-state index in [0.717, 1.165) is 29.6 Å². The van der Waals surface area contributed by atoms with Crippen molar-refractivity contribution in [2.24, 2.45) is 5.92 Å². The van der Waals surface area contributed by atoms with Gasteiger partial charge in [0.25, 0.3) is 8.32 Å². The normalized spacial score (nSPS) is 13.8. The Bertz CT molecular complexity index is 1660. The Morgan fingerprint density at radius 3 is 1.83 bits per heavy atom. The first-order valence-electron chi connectivity index (χ1n) is 18.8. The zero-order chi connectivity index (χ0) is 39.1. The first kappa shape index (κ1) is 43.7. The van der Waals surface area contributed by atoms with E-state index in [9.17, 15) is 4.79 Å². The Balaban J connectivity index is 2.07. The lowest BCUT2D eigenvalue weighted by molar-refractivity contribution is -0.108. The summed E-state index contributed by atoms with van der Waals surface area (Å²) in [5.41, 5.74) is 2.06. The highest BCUT2D eigenvalue weighted by Crippen LogP contribution is 2.40. The number of rotatable bonds is 17. The largest absolute Gasteiger partial charge is 0.497 e. The molecular weight excluding hydrogens is 689 g/mol. The molecule has 0 radical (unpaired) electrons. The maximum atomic E-state index is 11.4. The highest BCUT2D eigenvalue weighted by atomic mass is 28.4. The summed E-state index contributed by atoms with van der Waals surface area (Å²) in [4.78, 5) is 11.4.